The molecule has 0 heterocycles. The summed E-state index contributed by atoms with van der Waals surface area (Å²) >= 11 is 0. The van der Waals surface area contributed by atoms with Gasteiger partial charge in [0, 0.05) is 19.4 Å². The van der Waals surface area contributed by atoms with Crippen LogP contribution < -0.4 is 5.32 Å². The minimum atomic E-state index is -0.948. The molecule has 0 aliphatic rings. The quantitative estimate of drug-likeness (QED) is 0.387. The van der Waals surface area contributed by atoms with E-state index in [2.05, 4.69) is 5.32 Å². The molecular weight excluding hydrogens is 242 g/mol. The summed E-state index contributed by atoms with van der Waals surface area (Å²) < 4.78 is 4.79. The zero-order chi connectivity index (χ0) is 14.0. The largest absolute Gasteiger partial charge is 0.481 e. The Hall–Kier alpha value is -1.63. The van der Waals surface area contributed by atoms with Gasteiger partial charge in [0.05, 0.1) is 6.61 Å². The molecule has 0 spiro atoms. The number of esters is 1. The van der Waals surface area contributed by atoms with E-state index in [1.54, 1.807) is 0 Å². The van der Waals surface area contributed by atoms with Crippen LogP contribution in [0.5, 0.6) is 0 Å². The number of carboxylic acids is 1. The van der Waals surface area contributed by atoms with Gasteiger partial charge in [-0.25, -0.2) is 4.79 Å². The number of aliphatic hydroxyl groups is 1. The van der Waals surface area contributed by atoms with Crippen LogP contribution in [0, 0.1) is 0 Å². The average Bonchev–Trinajstić information content (AvgIpc) is 2.31. The van der Waals surface area contributed by atoms with Crippen LogP contribution in [0.4, 0.5) is 0 Å². The average molecular weight is 261 g/mol. The van der Waals surface area contributed by atoms with E-state index in [1.165, 1.54) is 6.92 Å². The van der Waals surface area contributed by atoms with Crippen LogP contribution in [0.15, 0.2) is 0 Å². The van der Waals surface area contributed by atoms with Crippen molar-refractivity contribution in [2.24, 2.45) is 0 Å². The lowest BCUT2D eigenvalue weighted by molar-refractivity contribution is -0.148. The number of carbonyl (C=O) groups is 3. The summed E-state index contributed by atoms with van der Waals surface area (Å²) in [5.41, 5.74) is 0. The van der Waals surface area contributed by atoms with Gasteiger partial charge in [0.15, 0.2) is 0 Å². The molecule has 0 radical (unpaired) electrons. The maximum Gasteiger partial charge on any atom is 0.328 e. The Morgan fingerprint density at radius 1 is 1.22 bits per heavy atom. The fourth-order valence-corrected chi connectivity index (χ4v) is 1.13. The van der Waals surface area contributed by atoms with Gasteiger partial charge >= 0.3 is 11.9 Å². The van der Waals surface area contributed by atoms with Crippen molar-refractivity contribution in [3.8, 4) is 0 Å². The van der Waals surface area contributed by atoms with Crippen molar-refractivity contribution in [1.82, 2.24) is 5.32 Å². The second-order valence-corrected chi connectivity index (χ2v) is 3.78. The zero-order valence-electron chi connectivity index (χ0n) is 10.3. The predicted molar refractivity (Wildman–Crippen MR) is 61.8 cm³/mol. The summed E-state index contributed by atoms with van der Waals surface area (Å²) in [6, 6.07) is -0.777. The molecule has 0 aliphatic carbocycles. The first kappa shape index (κ1) is 16.4. The summed E-state index contributed by atoms with van der Waals surface area (Å²) in [6.45, 7) is 1.42. The number of aliphatic carboxylic acids is 1. The Morgan fingerprint density at radius 2 is 1.89 bits per heavy atom. The van der Waals surface area contributed by atoms with E-state index >= 15 is 0 Å². The van der Waals surface area contributed by atoms with Crippen LogP contribution in [0.1, 0.15) is 32.6 Å². The van der Waals surface area contributed by atoms with E-state index in [0.717, 1.165) is 0 Å². The molecule has 0 saturated heterocycles. The fraction of sp³-hybridized carbons (Fsp3) is 0.727. The van der Waals surface area contributed by atoms with E-state index in [1.807, 2.05) is 0 Å². The van der Waals surface area contributed by atoms with Crippen molar-refractivity contribution in [3.63, 3.8) is 0 Å². The third-order valence-corrected chi connectivity index (χ3v) is 2.07. The summed E-state index contributed by atoms with van der Waals surface area (Å²) in [5, 5.41) is 19.3. The number of nitrogens with one attached hydrogen (secondary N) is 1. The van der Waals surface area contributed by atoms with Crippen molar-refractivity contribution < 1.29 is 29.3 Å². The minimum Gasteiger partial charge on any atom is -0.481 e. The van der Waals surface area contributed by atoms with Gasteiger partial charge in [-0.05, 0) is 19.8 Å². The highest BCUT2D eigenvalue weighted by molar-refractivity contribution is 5.84. The van der Waals surface area contributed by atoms with Crippen LogP contribution in [-0.4, -0.2) is 47.3 Å². The molecule has 0 aromatic carbocycles. The minimum absolute atomic E-state index is 0.0159. The first-order valence-corrected chi connectivity index (χ1v) is 5.76. The number of amides is 1. The van der Waals surface area contributed by atoms with E-state index in [4.69, 9.17) is 14.9 Å². The van der Waals surface area contributed by atoms with Crippen molar-refractivity contribution in [3.05, 3.63) is 0 Å². The lowest BCUT2D eigenvalue weighted by atomic mass is 10.2. The Balaban J connectivity index is 3.75. The predicted octanol–water partition coefficient (Wildman–Crippen LogP) is -0.328. The molecule has 0 rings (SSSR count). The highest BCUT2D eigenvalue weighted by Crippen LogP contribution is 1.95. The molecule has 0 fully saturated rings. The maximum absolute atomic E-state index is 11.4. The Kier molecular flexibility index (Phi) is 8.55. The van der Waals surface area contributed by atoms with Gasteiger partial charge in [-0.2, -0.15) is 0 Å². The molecular formula is C11H19NO6. The normalized spacial score (nSPS) is 11.7. The molecule has 0 aromatic rings. The molecule has 3 N–H and O–H groups in total. The fourth-order valence-electron chi connectivity index (χ4n) is 1.13. The van der Waals surface area contributed by atoms with Crippen molar-refractivity contribution in [2.75, 3.05) is 13.2 Å². The van der Waals surface area contributed by atoms with Crippen molar-refractivity contribution >= 4 is 17.8 Å². The van der Waals surface area contributed by atoms with Gasteiger partial charge < -0.3 is 20.3 Å². The van der Waals surface area contributed by atoms with Crippen LogP contribution >= 0.6 is 0 Å². The van der Waals surface area contributed by atoms with Crippen LogP contribution in [0.25, 0.3) is 0 Å². The van der Waals surface area contributed by atoms with Crippen molar-refractivity contribution in [2.45, 2.75) is 38.6 Å². The van der Waals surface area contributed by atoms with Gasteiger partial charge in [-0.15, -0.1) is 0 Å². The third-order valence-electron chi connectivity index (χ3n) is 2.07. The number of rotatable bonds is 9. The number of ether oxygens (including phenoxy) is 1. The van der Waals surface area contributed by atoms with Gasteiger partial charge in [-0.3, -0.25) is 9.59 Å². The summed E-state index contributed by atoms with van der Waals surface area (Å²) in [7, 11) is 0. The molecule has 1 unspecified atom stereocenters. The van der Waals surface area contributed by atoms with Gasteiger partial charge in [-0.1, -0.05) is 0 Å². The monoisotopic (exact) mass is 261 g/mol. The molecule has 7 heteroatoms. The molecule has 0 saturated carbocycles. The SMILES string of the molecule is CC(NC(=O)CCCO)C(=O)OCCCC(=O)O. The second kappa shape index (κ2) is 9.41. The standard InChI is InChI=1S/C11H19NO6/c1-8(12-9(14)4-2-6-13)11(17)18-7-3-5-10(15)16/h8,13H,2-7H2,1H3,(H,12,14)(H,15,16). The van der Waals surface area contributed by atoms with E-state index in [9.17, 15) is 14.4 Å². The lowest BCUT2D eigenvalue weighted by Gasteiger charge is -2.12. The van der Waals surface area contributed by atoms with Crippen LogP contribution in [0.3, 0.4) is 0 Å². The molecule has 104 valence electrons. The Morgan fingerprint density at radius 3 is 2.44 bits per heavy atom. The first-order chi connectivity index (χ1) is 8.47. The molecule has 1 atom stereocenters. The Labute approximate surface area is 105 Å². The van der Waals surface area contributed by atoms with Crippen LogP contribution in [0.2, 0.25) is 0 Å². The van der Waals surface area contributed by atoms with Crippen molar-refractivity contribution in [1.29, 1.82) is 0 Å². The molecule has 0 bridgehead atoms. The van der Waals surface area contributed by atoms with Crippen LogP contribution in [-0.2, 0) is 19.1 Å². The third kappa shape index (κ3) is 8.51. The molecule has 0 aliphatic heterocycles. The number of hydrogen-bond acceptors (Lipinski definition) is 5. The first-order valence-electron chi connectivity index (χ1n) is 5.76. The van der Waals surface area contributed by atoms with E-state index in [0.29, 0.717) is 6.42 Å². The van der Waals surface area contributed by atoms with Gasteiger partial charge in [0.1, 0.15) is 6.04 Å². The summed E-state index contributed by atoms with van der Waals surface area (Å²) in [6.07, 6.45) is 0.663. The Bertz CT molecular complexity index is 291. The summed E-state index contributed by atoms with van der Waals surface area (Å²) in [4.78, 5) is 32.8. The molecule has 1 amide bonds. The number of aliphatic hydroxyl groups excluding tert-OH is 1. The molecule has 18 heavy (non-hydrogen) atoms. The number of hydrogen-bond donors (Lipinski definition) is 3. The van der Waals surface area contributed by atoms with E-state index in [-0.39, 0.29) is 38.4 Å². The number of carbonyl (C=O) groups excluding carboxylic acids is 2. The van der Waals surface area contributed by atoms with E-state index < -0.39 is 18.0 Å². The van der Waals surface area contributed by atoms with Gasteiger partial charge in [0.2, 0.25) is 5.91 Å². The smallest absolute Gasteiger partial charge is 0.328 e. The lowest BCUT2D eigenvalue weighted by Crippen LogP contribution is -2.39. The zero-order valence-corrected chi connectivity index (χ0v) is 10.3. The topological polar surface area (TPSA) is 113 Å². The highest BCUT2D eigenvalue weighted by Gasteiger charge is 2.16. The molecule has 0 aromatic heterocycles. The maximum atomic E-state index is 11.4. The van der Waals surface area contributed by atoms with Gasteiger partial charge in [0.25, 0.3) is 0 Å². The molecule has 7 nitrogen and oxygen atoms in total. The summed E-state index contributed by atoms with van der Waals surface area (Å²) in [5.74, 6) is -1.88. The highest BCUT2D eigenvalue weighted by atomic mass is 16.5. The second-order valence-electron chi connectivity index (χ2n) is 3.78. The number of carboxylic acid groups (broad SMARTS) is 1.